The van der Waals surface area contributed by atoms with Crippen molar-refractivity contribution in [1.29, 1.82) is 0 Å². The van der Waals surface area contributed by atoms with E-state index in [-0.39, 0.29) is 17.5 Å². The maximum Gasteiger partial charge on any atom is 0.257 e. The van der Waals surface area contributed by atoms with E-state index in [1.807, 2.05) is 24.0 Å². The molecule has 5 rings (SSSR count). The van der Waals surface area contributed by atoms with Gasteiger partial charge in [-0.25, -0.2) is 4.98 Å². The average Bonchev–Trinajstić information content (AvgIpc) is 3.53. The van der Waals surface area contributed by atoms with Gasteiger partial charge in [0, 0.05) is 42.4 Å². The number of amides is 1. The van der Waals surface area contributed by atoms with E-state index in [4.69, 9.17) is 4.42 Å². The Morgan fingerprint density at radius 1 is 1.26 bits per heavy atom. The standard InChI is InChI=1S/C21H23N5O3S2/c1-12-13(2)22-21-26(20(12)28)15(11-30-21)10-17(27)25-7-5-14(6-8-25)18-23-24-19(31-18)16-4-3-9-29-16/h3-4,9,14-15H,5-8,10-11H2,1-2H3. The molecule has 2 aliphatic heterocycles. The van der Waals surface area contributed by atoms with Crippen LogP contribution in [0.4, 0.5) is 0 Å². The summed E-state index contributed by atoms with van der Waals surface area (Å²) in [6, 6.07) is 3.60. The molecule has 5 heterocycles. The van der Waals surface area contributed by atoms with Gasteiger partial charge in [0.15, 0.2) is 15.9 Å². The molecule has 10 heteroatoms. The van der Waals surface area contributed by atoms with Crippen LogP contribution in [-0.2, 0) is 4.79 Å². The minimum atomic E-state index is -0.122. The topological polar surface area (TPSA) is 94.1 Å². The Hall–Kier alpha value is -2.46. The van der Waals surface area contributed by atoms with Crippen molar-refractivity contribution < 1.29 is 9.21 Å². The number of fused-ring (bicyclic) bond motifs is 1. The predicted molar refractivity (Wildman–Crippen MR) is 119 cm³/mol. The van der Waals surface area contributed by atoms with Crippen LogP contribution in [0.25, 0.3) is 10.8 Å². The number of nitrogens with zero attached hydrogens (tertiary/aromatic N) is 5. The predicted octanol–water partition coefficient (Wildman–Crippen LogP) is 3.41. The zero-order valence-corrected chi connectivity index (χ0v) is 19.0. The Morgan fingerprint density at radius 3 is 2.81 bits per heavy atom. The van der Waals surface area contributed by atoms with Crippen LogP contribution in [0.15, 0.2) is 32.8 Å². The normalized spacial score (nSPS) is 19.0. The molecule has 3 aromatic heterocycles. The lowest BCUT2D eigenvalue weighted by Crippen LogP contribution is -2.39. The Morgan fingerprint density at radius 2 is 2.06 bits per heavy atom. The molecule has 31 heavy (non-hydrogen) atoms. The smallest absolute Gasteiger partial charge is 0.257 e. The number of aromatic nitrogens is 4. The monoisotopic (exact) mass is 457 g/mol. The van der Waals surface area contributed by atoms with Crippen LogP contribution in [0, 0.1) is 13.8 Å². The molecule has 0 N–H and O–H groups in total. The van der Waals surface area contributed by atoms with E-state index in [2.05, 4.69) is 15.2 Å². The van der Waals surface area contributed by atoms with Gasteiger partial charge in [0.25, 0.3) is 5.56 Å². The molecule has 0 radical (unpaired) electrons. The van der Waals surface area contributed by atoms with E-state index >= 15 is 0 Å². The zero-order valence-electron chi connectivity index (χ0n) is 17.4. The van der Waals surface area contributed by atoms with Crippen LogP contribution in [0.3, 0.4) is 0 Å². The number of hydrogen-bond donors (Lipinski definition) is 0. The van der Waals surface area contributed by atoms with Gasteiger partial charge in [0.2, 0.25) is 5.91 Å². The van der Waals surface area contributed by atoms with Gasteiger partial charge in [-0.3, -0.25) is 14.2 Å². The Balaban J connectivity index is 1.21. The van der Waals surface area contributed by atoms with Crippen LogP contribution in [0.5, 0.6) is 0 Å². The first-order valence-electron chi connectivity index (χ1n) is 10.4. The second kappa shape index (κ2) is 8.23. The van der Waals surface area contributed by atoms with Gasteiger partial charge in [0.1, 0.15) is 5.01 Å². The molecule has 0 bridgehead atoms. The minimum absolute atomic E-state index is 0.0207. The van der Waals surface area contributed by atoms with Gasteiger partial charge in [-0.2, -0.15) is 0 Å². The number of carbonyl (C=O) groups is 1. The fourth-order valence-corrected chi connectivity index (χ4v) is 6.29. The van der Waals surface area contributed by atoms with E-state index in [0.717, 1.165) is 39.5 Å². The molecule has 1 fully saturated rings. The lowest BCUT2D eigenvalue weighted by atomic mass is 9.97. The summed E-state index contributed by atoms with van der Waals surface area (Å²) >= 11 is 3.12. The molecule has 1 unspecified atom stereocenters. The quantitative estimate of drug-likeness (QED) is 0.554. The summed E-state index contributed by atoms with van der Waals surface area (Å²) in [5, 5.41) is 11.1. The second-order valence-electron chi connectivity index (χ2n) is 8.03. The van der Waals surface area contributed by atoms with Crippen LogP contribution >= 0.6 is 23.1 Å². The molecular formula is C21H23N5O3S2. The molecule has 8 nitrogen and oxygen atoms in total. The van der Waals surface area contributed by atoms with Crippen molar-refractivity contribution in [2.24, 2.45) is 0 Å². The third-order valence-corrected chi connectivity index (χ3v) is 8.30. The fraction of sp³-hybridized carbons (Fsp3) is 0.476. The van der Waals surface area contributed by atoms with Gasteiger partial charge in [-0.05, 0) is 38.8 Å². The lowest BCUT2D eigenvalue weighted by molar-refractivity contribution is -0.133. The summed E-state index contributed by atoms with van der Waals surface area (Å²) in [4.78, 5) is 32.1. The summed E-state index contributed by atoms with van der Waals surface area (Å²) in [5.41, 5.74) is 1.41. The molecular weight excluding hydrogens is 434 g/mol. The van der Waals surface area contributed by atoms with Crippen molar-refractivity contribution in [3.8, 4) is 10.8 Å². The van der Waals surface area contributed by atoms with Gasteiger partial charge in [-0.1, -0.05) is 23.1 Å². The van der Waals surface area contributed by atoms with Crippen molar-refractivity contribution in [2.75, 3.05) is 18.8 Å². The first-order valence-corrected chi connectivity index (χ1v) is 12.2. The Bertz CT molecular complexity index is 1160. The minimum Gasteiger partial charge on any atom is -0.462 e. The Kier molecular flexibility index (Phi) is 5.43. The molecule has 0 aromatic carbocycles. The molecule has 0 saturated carbocycles. The largest absolute Gasteiger partial charge is 0.462 e. The highest BCUT2D eigenvalue weighted by Crippen LogP contribution is 2.35. The number of hydrogen-bond acceptors (Lipinski definition) is 8. The summed E-state index contributed by atoms with van der Waals surface area (Å²) < 4.78 is 7.12. The van der Waals surface area contributed by atoms with Crippen LogP contribution in [0.2, 0.25) is 0 Å². The summed E-state index contributed by atoms with van der Waals surface area (Å²) in [6.45, 7) is 5.06. The number of piperidine rings is 1. The second-order valence-corrected chi connectivity index (χ2v) is 10.0. The molecule has 2 aliphatic rings. The number of likely N-dealkylation sites (tertiary alicyclic amines) is 1. The van der Waals surface area contributed by atoms with Crippen LogP contribution in [-0.4, -0.2) is 49.4 Å². The number of rotatable bonds is 4. The SMILES string of the molecule is Cc1nc2n(c(=O)c1C)C(CC(=O)N1CCC(c3nnc(-c4ccco4)s3)CC1)CS2. The summed E-state index contributed by atoms with van der Waals surface area (Å²) in [6.07, 6.45) is 3.72. The maximum absolute atomic E-state index is 13.0. The van der Waals surface area contributed by atoms with Gasteiger partial charge < -0.3 is 9.32 Å². The van der Waals surface area contributed by atoms with E-state index in [9.17, 15) is 9.59 Å². The zero-order chi connectivity index (χ0) is 21.5. The first kappa shape index (κ1) is 20.4. The Labute approximate surface area is 187 Å². The van der Waals surface area contributed by atoms with Crippen LogP contribution < -0.4 is 5.56 Å². The molecule has 0 spiro atoms. The molecule has 1 atom stereocenters. The third-order valence-electron chi connectivity index (χ3n) is 6.10. The lowest BCUT2D eigenvalue weighted by Gasteiger charge is -2.31. The van der Waals surface area contributed by atoms with Crippen LogP contribution in [0.1, 0.15) is 47.5 Å². The first-order chi connectivity index (χ1) is 15.0. The summed E-state index contributed by atoms with van der Waals surface area (Å²) in [7, 11) is 0. The highest BCUT2D eigenvalue weighted by atomic mass is 32.2. The average molecular weight is 458 g/mol. The molecule has 3 aromatic rings. The van der Waals surface area contributed by atoms with Crippen molar-refractivity contribution in [2.45, 2.75) is 50.2 Å². The van der Waals surface area contributed by atoms with E-state index < -0.39 is 0 Å². The fourth-order valence-electron chi connectivity index (χ4n) is 4.13. The number of thioether (sulfide) groups is 1. The molecule has 162 valence electrons. The summed E-state index contributed by atoms with van der Waals surface area (Å²) in [5.74, 6) is 1.87. The number of aryl methyl sites for hydroxylation is 1. The number of carbonyl (C=O) groups excluding carboxylic acids is 1. The van der Waals surface area contributed by atoms with E-state index in [1.54, 1.807) is 40.9 Å². The van der Waals surface area contributed by atoms with Gasteiger partial charge >= 0.3 is 0 Å². The highest BCUT2D eigenvalue weighted by molar-refractivity contribution is 7.99. The van der Waals surface area contributed by atoms with Crippen molar-refractivity contribution in [3.05, 3.63) is 45.0 Å². The van der Waals surface area contributed by atoms with Gasteiger partial charge in [0.05, 0.1) is 12.3 Å². The maximum atomic E-state index is 13.0. The molecule has 0 aliphatic carbocycles. The number of furan rings is 1. The van der Waals surface area contributed by atoms with E-state index in [0.29, 0.717) is 36.7 Å². The van der Waals surface area contributed by atoms with Crippen molar-refractivity contribution >= 4 is 29.0 Å². The van der Waals surface area contributed by atoms with Crippen molar-refractivity contribution in [1.82, 2.24) is 24.6 Å². The van der Waals surface area contributed by atoms with E-state index in [1.165, 1.54) is 0 Å². The van der Waals surface area contributed by atoms with Crippen molar-refractivity contribution in [3.63, 3.8) is 0 Å². The highest BCUT2D eigenvalue weighted by Gasteiger charge is 2.32. The third kappa shape index (κ3) is 3.82. The molecule has 1 saturated heterocycles. The molecule has 1 amide bonds. The van der Waals surface area contributed by atoms with Gasteiger partial charge in [-0.15, -0.1) is 10.2 Å².